The highest BCUT2D eigenvalue weighted by molar-refractivity contribution is 6.29. The third kappa shape index (κ3) is 5.45. The molecule has 0 amide bonds. The van der Waals surface area contributed by atoms with Gasteiger partial charge < -0.3 is 21.5 Å². The first kappa shape index (κ1) is 24.5. The van der Waals surface area contributed by atoms with E-state index in [1.165, 1.54) is 22.4 Å². The Hall–Kier alpha value is -1.22. The first-order chi connectivity index (χ1) is 16.5. The van der Waals surface area contributed by atoms with Crippen LogP contribution >= 0.6 is 11.6 Å². The molecule has 0 saturated heterocycles. The van der Waals surface area contributed by atoms with E-state index in [1.54, 1.807) is 0 Å². The molecule has 2 aliphatic heterocycles. The molecule has 0 unspecified atom stereocenters. The van der Waals surface area contributed by atoms with Crippen molar-refractivity contribution >= 4 is 11.6 Å². The topological polar surface area (TPSA) is 94.4 Å². The van der Waals surface area contributed by atoms with E-state index in [2.05, 4.69) is 33.4 Å². The van der Waals surface area contributed by atoms with Crippen LogP contribution in [0.2, 0.25) is 0 Å². The average Bonchev–Trinajstić information content (AvgIpc) is 2.86. The number of nitrogens with one attached hydrogen (secondary N) is 4. The summed E-state index contributed by atoms with van der Waals surface area (Å²) < 4.78 is 13.9. The van der Waals surface area contributed by atoms with Gasteiger partial charge in [0.05, 0.1) is 11.2 Å². The largest absolute Gasteiger partial charge is 0.379 e. The lowest BCUT2D eigenvalue weighted by atomic mass is 9.75. The summed E-state index contributed by atoms with van der Waals surface area (Å²) in [6, 6.07) is 0.163. The fourth-order valence-electron chi connectivity index (χ4n) is 6.26. The van der Waals surface area contributed by atoms with E-state index in [4.69, 9.17) is 17.3 Å². The van der Waals surface area contributed by atoms with Gasteiger partial charge in [-0.05, 0) is 75.0 Å². The minimum absolute atomic E-state index is 0.0466. The highest BCUT2D eigenvalue weighted by Crippen LogP contribution is 2.40. The second kappa shape index (κ2) is 10.8. The molecule has 0 aromatic carbocycles. The number of hydrogen-bond donors (Lipinski definition) is 6. The summed E-state index contributed by atoms with van der Waals surface area (Å²) in [5, 5.41) is 25.1. The lowest BCUT2D eigenvalue weighted by molar-refractivity contribution is 0.106. The van der Waals surface area contributed by atoms with Crippen molar-refractivity contribution in [1.82, 2.24) is 21.3 Å². The van der Waals surface area contributed by atoms with Crippen LogP contribution in [-0.4, -0.2) is 42.8 Å². The van der Waals surface area contributed by atoms with Crippen molar-refractivity contribution in [2.75, 3.05) is 13.1 Å². The molecular weight excluding hydrogens is 453 g/mol. The van der Waals surface area contributed by atoms with Gasteiger partial charge in [-0.15, -0.1) is 0 Å². The molecule has 0 aromatic heterocycles. The Bertz CT molecular complexity index is 898. The molecule has 0 radical (unpaired) electrons. The number of nitrogens with two attached hydrogens (primary N) is 1. The maximum atomic E-state index is 13.9. The van der Waals surface area contributed by atoms with Crippen LogP contribution in [0.1, 0.15) is 64.2 Å². The second-order valence-corrected chi connectivity index (χ2v) is 11.0. The summed E-state index contributed by atoms with van der Waals surface area (Å²) >= 11 is 6.19. The Morgan fingerprint density at radius 1 is 1.12 bits per heavy atom. The molecular formula is C26H39ClFN5O. The molecule has 0 fully saturated rings. The van der Waals surface area contributed by atoms with E-state index in [-0.39, 0.29) is 30.1 Å². The third-order valence-electron chi connectivity index (χ3n) is 8.35. The summed E-state index contributed by atoms with van der Waals surface area (Å²) in [5.74, 6) is 0.552. The molecule has 0 saturated carbocycles. The molecule has 34 heavy (non-hydrogen) atoms. The van der Waals surface area contributed by atoms with Crippen LogP contribution in [0, 0.1) is 11.8 Å². The van der Waals surface area contributed by atoms with Crippen molar-refractivity contribution in [2.24, 2.45) is 17.6 Å². The van der Waals surface area contributed by atoms with E-state index in [0.29, 0.717) is 23.8 Å². The van der Waals surface area contributed by atoms with Gasteiger partial charge in [0.25, 0.3) is 0 Å². The van der Waals surface area contributed by atoms with Crippen LogP contribution in [0.15, 0.2) is 45.4 Å². The quantitative estimate of drug-likeness (QED) is 0.261. The van der Waals surface area contributed by atoms with Crippen molar-refractivity contribution in [1.29, 1.82) is 0 Å². The third-order valence-corrected chi connectivity index (χ3v) is 8.71. The van der Waals surface area contributed by atoms with Crippen molar-refractivity contribution in [2.45, 2.75) is 88.8 Å². The molecule has 3 aliphatic carbocycles. The Kier molecular flexibility index (Phi) is 7.78. The summed E-state index contributed by atoms with van der Waals surface area (Å²) in [4.78, 5) is 0. The molecule has 188 valence electrons. The van der Waals surface area contributed by atoms with E-state index in [1.807, 2.05) is 0 Å². The first-order valence-electron chi connectivity index (χ1n) is 13.0. The summed E-state index contributed by atoms with van der Waals surface area (Å²) in [5.41, 5.74) is 11.4. The van der Waals surface area contributed by atoms with Crippen molar-refractivity contribution in [3.63, 3.8) is 0 Å². The fourth-order valence-corrected chi connectivity index (χ4v) is 6.54. The number of rotatable bonds is 5. The zero-order valence-electron chi connectivity index (χ0n) is 19.9. The van der Waals surface area contributed by atoms with Crippen LogP contribution in [-0.2, 0) is 0 Å². The minimum Gasteiger partial charge on any atom is -0.379 e. The lowest BCUT2D eigenvalue weighted by Gasteiger charge is -2.44. The maximum absolute atomic E-state index is 13.9. The Morgan fingerprint density at radius 2 is 2.00 bits per heavy atom. The van der Waals surface area contributed by atoms with Gasteiger partial charge in [-0.25, -0.2) is 4.39 Å². The van der Waals surface area contributed by atoms with Gasteiger partial charge in [0.15, 0.2) is 0 Å². The van der Waals surface area contributed by atoms with E-state index in [0.717, 1.165) is 64.5 Å². The second-order valence-electron chi connectivity index (χ2n) is 10.6. The smallest absolute Gasteiger partial charge is 0.114 e. The number of halogens is 2. The monoisotopic (exact) mass is 491 g/mol. The van der Waals surface area contributed by atoms with Gasteiger partial charge in [-0.2, -0.15) is 0 Å². The van der Waals surface area contributed by atoms with Crippen molar-refractivity contribution < 1.29 is 9.50 Å². The van der Waals surface area contributed by atoms with Gasteiger partial charge in [0.1, 0.15) is 18.2 Å². The molecule has 5 aliphatic rings. The SMILES string of the molecule is N[C@H](O)[C@H]1CC=C([C@@H]2CCC3=C(C2)[C@@H](N[C@H]2CCC(F)=C(Cl)C2)N[C@@H](C2=CCCNC2)N3)CC1. The van der Waals surface area contributed by atoms with Crippen LogP contribution in [0.5, 0.6) is 0 Å². The molecule has 0 aromatic rings. The van der Waals surface area contributed by atoms with E-state index >= 15 is 0 Å². The standard InChI is InChI=1S/C26H39ClFN5O/c27-21-13-19(8-9-22(21)28)31-26-20-12-17(15-3-5-16(6-4-15)24(29)34)7-10-23(20)32-25(33-26)18-2-1-11-30-14-18/h2-3,16-17,19,24-26,30-34H,1,4-14,29H2/t16-,17+,19-,24+,25-,26-/m0/s1. The summed E-state index contributed by atoms with van der Waals surface area (Å²) in [6.07, 6.45) is 13.0. The molecule has 6 atom stereocenters. The predicted octanol–water partition coefficient (Wildman–Crippen LogP) is 3.37. The van der Waals surface area contributed by atoms with Crippen LogP contribution in [0.4, 0.5) is 4.39 Å². The summed E-state index contributed by atoms with van der Waals surface area (Å²) in [7, 11) is 0. The number of hydrogen-bond acceptors (Lipinski definition) is 6. The molecule has 2 heterocycles. The first-order valence-corrected chi connectivity index (χ1v) is 13.4. The lowest BCUT2D eigenvalue weighted by Crippen LogP contribution is -2.62. The van der Waals surface area contributed by atoms with Crippen molar-refractivity contribution in [3.8, 4) is 0 Å². The molecule has 8 heteroatoms. The van der Waals surface area contributed by atoms with Gasteiger partial charge in [-0.3, -0.25) is 10.6 Å². The number of allylic oxidation sites excluding steroid dienone is 4. The number of aliphatic hydroxyl groups excluding tert-OH is 1. The fraction of sp³-hybridized carbons (Fsp3) is 0.692. The molecule has 6 nitrogen and oxygen atoms in total. The van der Waals surface area contributed by atoms with Gasteiger partial charge >= 0.3 is 0 Å². The Labute approximate surface area is 207 Å². The average molecular weight is 492 g/mol. The van der Waals surface area contributed by atoms with E-state index < -0.39 is 6.23 Å². The Balaban J connectivity index is 1.34. The van der Waals surface area contributed by atoms with Crippen LogP contribution in [0.3, 0.4) is 0 Å². The van der Waals surface area contributed by atoms with Crippen LogP contribution < -0.4 is 27.0 Å². The minimum atomic E-state index is -0.722. The van der Waals surface area contributed by atoms with Crippen molar-refractivity contribution in [3.05, 3.63) is 45.4 Å². The summed E-state index contributed by atoms with van der Waals surface area (Å²) in [6.45, 7) is 1.93. The van der Waals surface area contributed by atoms with Crippen LogP contribution in [0.25, 0.3) is 0 Å². The van der Waals surface area contributed by atoms with Gasteiger partial charge in [0, 0.05) is 37.0 Å². The normalized spacial score (nSPS) is 35.8. The molecule has 0 bridgehead atoms. The molecule has 7 N–H and O–H groups in total. The molecule has 5 rings (SSSR count). The number of aliphatic hydroxyl groups is 1. The van der Waals surface area contributed by atoms with Gasteiger partial charge in [-0.1, -0.05) is 29.3 Å². The Morgan fingerprint density at radius 3 is 2.71 bits per heavy atom. The zero-order valence-corrected chi connectivity index (χ0v) is 20.6. The van der Waals surface area contributed by atoms with E-state index in [9.17, 15) is 9.50 Å². The van der Waals surface area contributed by atoms with Gasteiger partial charge in [0.2, 0.25) is 0 Å². The highest BCUT2D eigenvalue weighted by atomic mass is 35.5. The molecule has 0 spiro atoms. The highest BCUT2D eigenvalue weighted by Gasteiger charge is 2.37. The zero-order chi connectivity index (χ0) is 23.7. The maximum Gasteiger partial charge on any atom is 0.114 e. The predicted molar refractivity (Wildman–Crippen MR) is 134 cm³/mol.